The molecule has 27 heavy (non-hydrogen) atoms. The van der Waals surface area contributed by atoms with Crippen molar-refractivity contribution in [1.82, 2.24) is 10.2 Å². The van der Waals surface area contributed by atoms with Crippen LogP contribution in [0.3, 0.4) is 0 Å². The van der Waals surface area contributed by atoms with Crippen LogP contribution in [0.2, 0.25) is 0 Å². The molecule has 3 rings (SSSR count). The second-order valence-corrected chi connectivity index (χ2v) is 6.85. The highest BCUT2D eigenvalue weighted by atomic mass is 16.5. The van der Waals surface area contributed by atoms with Crippen molar-refractivity contribution in [2.24, 2.45) is 0 Å². The topological polar surface area (TPSA) is 58.6 Å². The Morgan fingerprint density at radius 3 is 2.15 bits per heavy atom. The van der Waals surface area contributed by atoms with Crippen LogP contribution in [0, 0.1) is 0 Å². The van der Waals surface area contributed by atoms with Gasteiger partial charge in [-0.05, 0) is 30.4 Å². The molecule has 0 aromatic heterocycles. The van der Waals surface area contributed by atoms with Gasteiger partial charge in [-0.3, -0.25) is 4.79 Å². The second-order valence-electron chi connectivity index (χ2n) is 6.85. The van der Waals surface area contributed by atoms with Crippen LogP contribution in [0.25, 0.3) is 0 Å². The number of alkyl carbamates (subject to hydrolysis) is 1. The van der Waals surface area contributed by atoms with Gasteiger partial charge in [0, 0.05) is 25.6 Å². The minimum atomic E-state index is -0.396. The zero-order chi connectivity index (χ0) is 18.9. The normalized spacial score (nSPS) is 14.6. The van der Waals surface area contributed by atoms with E-state index in [4.69, 9.17) is 4.74 Å². The Balaban J connectivity index is 1.34. The lowest BCUT2D eigenvalue weighted by Gasteiger charge is -2.32. The molecule has 0 bridgehead atoms. The number of nitrogens with zero attached hydrogens (tertiary/aromatic N) is 1. The molecule has 2 amide bonds. The zero-order valence-corrected chi connectivity index (χ0v) is 15.5. The zero-order valence-electron chi connectivity index (χ0n) is 15.5. The Morgan fingerprint density at radius 1 is 0.926 bits per heavy atom. The highest BCUT2D eigenvalue weighted by Gasteiger charge is 2.24. The molecule has 0 aliphatic carbocycles. The first-order valence-electron chi connectivity index (χ1n) is 9.49. The van der Waals surface area contributed by atoms with Crippen molar-refractivity contribution in [1.29, 1.82) is 0 Å². The smallest absolute Gasteiger partial charge is 0.407 e. The third kappa shape index (κ3) is 6.13. The van der Waals surface area contributed by atoms with E-state index < -0.39 is 6.09 Å². The van der Waals surface area contributed by atoms with Crippen molar-refractivity contribution < 1.29 is 14.3 Å². The number of hydrogen-bond acceptors (Lipinski definition) is 3. The van der Waals surface area contributed by atoms with Gasteiger partial charge in [-0.1, -0.05) is 60.7 Å². The predicted molar refractivity (Wildman–Crippen MR) is 104 cm³/mol. The third-order valence-corrected chi connectivity index (χ3v) is 4.85. The highest BCUT2D eigenvalue weighted by molar-refractivity contribution is 5.76. The summed E-state index contributed by atoms with van der Waals surface area (Å²) in [5.74, 6) is 0.184. The number of piperidine rings is 1. The summed E-state index contributed by atoms with van der Waals surface area (Å²) in [5, 5.41) is 2.91. The molecule has 1 aliphatic heterocycles. The molecule has 2 aromatic carbocycles. The molecule has 1 N–H and O–H groups in total. The van der Waals surface area contributed by atoms with Gasteiger partial charge in [0.25, 0.3) is 0 Å². The maximum atomic E-state index is 12.4. The average molecular weight is 366 g/mol. The van der Waals surface area contributed by atoms with Gasteiger partial charge < -0.3 is 15.0 Å². The van der Waals surface area contributed by atoms with Gasteiger partial charge in [-0.2, -0.15) is 0 Å². The first-order chi connectivity index (χ1) is 13.2. The summed E-state index contributed by atoms with van der Waals surface area (Å²) in [5.41, 5.74) is 2.15. The summed E-state index contributed by atoms with van der Waals surface area (Å²) in [6.45, 7) is 1.62. The number of carbonyl (C=O) groups is 2. The molecule has 0 atom stereocenters. The van der Waals surface area contributed by atoms with E-state index in [0.29, 0.717) is 19.5 Å². The first kappa shape index (κ1) is 19.0. The predicted octanol–water partition coefficient (Wildman–Crippen LogP) is 3.54. The quantitative estimate of drug-likeness (QED) is 0.851. The van der Waals surface area contributed by atoms with Crippen molar-refractivity contribution in [3.8, 4) is 0 Å². The second kappa shape index (κ2) is 9.76. The van der Waals surface area contributed by atoms with Gasteiger partial charge in [0.1, 0.15) is 6.61 Å². The number of benzene rings is 2. The number of rotatable bonds is 6. The highest BCUT2D eigenvalue weighted by Crippen LogP contribution is 2.13. The molecule has 0 unspecified atom stereocenters. The minimum Gasteiger partial charge on any atom is -0.445 e. The number of hydrogen-bond donors (Lipinski definition) is 1. The van der Waals surface area contributed by atoms with Gasteiger partial charge in [-0.15, -0.1) is 0 Å². The molecule has 0 spiro atoms. The van der Waals surface area contributed by atoms with E-state index in [1.165, 1.54) is 5.56 Å². The summed E-state index contributed by atoms with van der Waals surface area (Å²) in [6, 6.07) is 19.7. The van der Waals surface area contributed by atoms with E-state index in [1.54, 1.807) is 0 Å². The molecule has 1 saturated heterocycles. The molecule has 1 fully saturated rings. The van der Waals surface area contributed by atoms with Crippen LogP contribution in [0.1, 0.15) is 30.4 Å². The number of carbonyl (C=O) groups excluding carboxylic acids is 2. The van der Waals surface area contributed by atoms with Crippen molar-refractivity contribution in [3.63, 3.8) is 0 Å². The summed E-state index contributed by atoms with van der Waals surface area (Å²) < 4.78 is 5.26. The van der Waals surface area contributed by atoms with Crippen LogP contribution in [0.15, 0.2) is 60.7 Å². The molecule has 0 saturated carbocycles. The lowest BCUT2D eigenvalue weighted by atomic mass is 10.0. The summed E-state index contributed by atoms with van der Waals surface area (Å²) >= 11 is 0. The van der Waals surface area contributed by atoms with Crippen molar-refractivity contribution in [3.05, 3.63) is 71.8 Å². The molecule has 142 valence electrons. The molecular weight excluding hydrogens is 340 g/mol. The van der Waals surface area contributed by atoms with Gasteiger partial charge in [0.05, 0.1) is 0 Å². The van der Waals surface area contributed by atoms with E-state index in [9.17, 15) is 9.59 Å². The fourth-order valence-corrected chi connectivity index (χ4v) is 3.26. The van der Waals surface area contributed by atoms with Gasteiger partial charge in [0.15, 0.2) is 0 Å². The SMILES string of the molecule is O=C(NC1CCN(C(=O)CCc2ccccc2)CC1)OCc1ccccc1. The first-order valence-corrected chi connectivity index (χ1v) is 9.49. The summed E-state index contributed by atoms with van der Waals surface area (Å²) in [7, 11) is 0. The van der Waals surface area contributed by atoms with Crippen LogP contribution in [-0.2, 0) is 22.6 Å². The van der Waals surface area contributed by atoms with Crippen molar-refractivity contribution in [2.45, 2.75) is 38.3 Å². The molecule has 1 aliphatic rings. The average Bonchev–Trinajstić information content (AvgIpc) is 2.72. The Morgan fingerprint density at radius 2 is 1.52 bits per heavy atom. The minimum absolute atomic E-state index is 0.0615. The summed E-state index contributed by atoms with van der Waals surface area (Å²) in [4.78, 5) is 26.2. The van der Waals surface area contributed by atoms with Crippen LogP contribution >= 0.6 is 0 Å². The fourth-order valence-electron chi connectivity index (χ4n) is 3.26. The van der Waals surface area contributed by atoms with Gasteiger partial charge in [-0.25, -0.2) is 4.79 Å². The fraction of sp³-hybridized carbons (Fsp3) is 0.364. The Hall–Kier alpha value is -2.82. The largest absolute Gasteiger partial charge is 0.445 e. The van der Waals surface area contributed by atoms with E-state index in [2.05, 4.69) is 5.32 Å². The Labute approximate surface area is 160 Å². The Bertz CT molecular complexity index is 726. The molecular formula is C22H26N2O3. The molecule has 5 heteroatoms. The van der Waals surface area contributed by atoms with Crippen LogP contribution in [0.5, 0.6) is 0 Å². The Kier molecular flexibility index (Phi) is 6.85. The molecule has 0 radical (unpaired) electrons. The summed E-state index contributed by atoms with van der Waals surface area (Å²) in [6.07, 6.45) is 2.42. The number of ether oxygens (including phenoxy) is 1. The molecule has 5 nitrogen and oxygen atoms in total. The maximum absolute atomic E-state index is 12.4. The number of nitrogens with one attached hydrogen (secondary N) is 1. The van der Waals surface area contributed by atoms with E-state index in [1.807, 2.05) is 65.6 Å². The third-order valence-electron chi connectivity index (χ3n) is 4.85. The van der Waals surface area contributed by atoms with Gasteiger partial charge >= 0.3 is 6.09 Å². The van der Waals surface area contributed by atoms with E-state index in [-0.39, 0.29) is 18.6 Å². The number of likely N-dealkylation sites (tertiary alicyclic amines) is 1. The monoisotopic (exact) mass is 366 g/mol. The number of amides is 2. The maximum Gasteiger partial charge on any atom is 0.407 e. The van der Waals surface area contributed by atoms with Crippen LogP contribution in [-0.4, -0.2) is 36.0 Å². The van der Waals surface area contributed by atoms with Crippen LogP contribution < -0.4 is 5.32 Å². The van der Waals surface area contributed by atoms with Crippen molar-refractivity contribution >= 4 is 12.0 Å². The number of aryl methyl sites for hydroxylation is 1. The van der Waals surface area contributed by atoms with E-state index >= 15 is 0 Å². The van der Waals surface area contributed by atoms with Gasteiger partial charge in [0.2, 0.25) is 5.91 Å². The van der Waals surface area contributed by atoms with Crippen molar-refractivity contribution in [2.75, 3.05) is 13.1 Å². The molecule has 2 aromatic rings. The lowest BCUT2D eigenvalue weighted by molar-refractivity contribution is -0.132. The van der Waals surface area contributed by atoms with Crippen LogP contribution in [0.4, 0.5) is 4.79 Å². The standard InChI is InChI=1S/C22H26N2O3/c25-21(12-11-18-7-3-1-4-8-18)24-15-13-20(14-16-24)23-22(26)27-17-19-9-5-2-6-10-19/h1-10,20H,11-17H2,(H,23,26). The lowest BCUT2D eigenvalue weighted by Crippen LogP contribution is -2.46. The molecule has 1 heterocycles. The van der Waals surface area contributed by atoms with E-state index in [0.717, 1.165) is 24.8 Å².